The van der Waals surface area contributed by atoms with Gasteiger partial charge in [0, 0.05) is 44.6 Å². The van der Waals surface area contributed by atoms with E-state index in [1.807, 2.05) is 74.8 Å². The molecule has 1 aromatic heterocycles. The molecule has 11 heteroatoms. The number of aromatic nitrogens is 2. The maximum absolute atomic E-state index is 13.0. The molecular formula is C34H39ClN4O5S. The molecule has 0 atom stereocenters. The summed E-state index contributed by atoms with van der Waals surface area (Å²) in [6, 6.07) is 21.1. The minimum Gasteiger partial charge on any atom is -0.493 e. The van der Waals surface area contributed by atoms with Gasteiger partial charge in [0.2, 0.25) is 0 Å². The molecule has 0 fully saturated rings. The molecule has 0 saturated carbocycles. The number of hydrogen-bond acceptors (Lipinski definition) is 9. The van der Waals surface area contributed by atoms with Gasteiger partial charge >= 0.3 is 0 Å². The average molecular weight is 651 g/mol. The van der Waals surface area contributed by atoms with E-state index >= 15 is 0 Å². The number of rotatable bonds is 15. The van der Waals surface area contributed by atoms with Gasteiger partial charge in [-0.25, -0.2) is 9.97 Å². The minimum absolute atomic E-state index is 0.0337. The number of halogens is 1. The number of nitrogens with zero attached hydrogens (tertiary/aromatic N) is 4. The van der Waals surface area contributed by atoms with Crippen molar-refractivity contribution < 1.29 is 23.7 Å². The van der Waals surface area contributed by atoms with Crippen LogP contribution >= 0.6 is 23.4 Å². The van der Waals surface area contributed by atoms with E-state index < -0.39 is 0 Å². The molecule has 0 aliphatic heterocycles. The highest BCUT2D eigenvalue weighted by atomic mass is 35.5. The summed E-state index contributed by atoms with van der Waals surface area (Å²) >= 11 is 7.87. The van der Waals surface area contributed by atoms with Crippen LogP contribution in [0.15, 0.2) is 71.9 Å². The summed E-state index contributed by atoms with van der Waals surface area (Å²) in [6.45, 7) is 1.30. The van der Waals surface area contributed by atoms with Gasteiger partial charge in [0.1, 0.15) is 11.0 Å². The number of amides is 1. The van der Waals surface area contributed by atoms with E-state index in [1.165, 1.54) is 11.8 Å². The van der Waals surface area contributed by atoms with Crippen LogP contribution in [0.1, 0.15) is 27.0 Å². The van der Waals surface area contributed by atoms with Crippen molar-refractivity contribution >= 4 is 35.1 Å². The second-order valence-corrected chi connectivity index (χ2v) is 11.7. The Morgan fingerprint density at radius 1 is 0.711 bits per heavy atom. The number of carbonyl (C=O) groups excluding carboxylic acids is 1. The largest absolute Gasteiger partial charge is 0.493 e. The van der Waals surface area contributed by atoms with Crippen molar-refractivity contribution in [3.05, 3.63) is 94.1 Å². The monoisotopic (exact) mass is 650 g/mol. The van der Waals surface area contributed by atoms with Crippen LogP contribution < -0.4 is 23.8 Å². The summed E-state index contributed by atoms with van der Waals surface area (Å²) < 4.78 is 21.5. The molecule has 0 aliphatic carbocycles. The standard InChI is InChI=1S/C34H39ClN4O5S/c1-38(17-15-23-9-13-27(41-3)29(19-23)43-5)32-21-31(35)36-34(37-32)45-22-25-7-11-26(12-8-25)33(40)39(2)18-16-24-10-14-28(42-4)30(20-24)44-6/h7-14,19-21H,15-18,22H2,1-6H3. The van der Waals surface area contributed by atoms with Crippen molar-refractivity contribution in [2.75, 3.05) is 60.5 Å². The summed E-state index contributed by atoms with van der Waals surface area (Å²) in [4.78, 5) is 26.0. The van der Waals surface area contributed by atoms with Crippen LogP contribution in [0.5, 0.6) is 23.0 Å². The first kappa shape index (κ1) is 33.7. The van der Waals surface area contributed by atoms with Crippen molar-refractivity contribution in [1.82, 2.24) is 14.9 Å². The summed E-state index contributed by atoms with van der Waals surface area (Å²) in [6.07, 6.45) is 1.49. The van der Waals surface area contributed by atoms with Crippen molar-refractivity contribution in [2.24, 2.45) is 0 Å². The fourth-order valence-corrected chi connectivity index (χ4v) is 5.68. The van der Waals surface area contributed by atoms with Gasteiger partial charge in [-0.3, -0.25) is 4.79 Å². The predicted molar refractivity (Wildman–Crippen MR) is 180 cm³/mol. The molecule has 1 heterocycles. The molecule has 0 bridgehead atoms. The highest BCUT2D eigenvalue weighted by Gasteiger charge is 2.14. The van der Waals surface area contributed by atoms with E-state index in [9.17, 15) is 4.79 Å². The summed E-state index contributed by atoms with van der Waals surface area (Å²) in [5.74, 6) is 4.12. The number of likely N-dealkylation sites (N-methyl/N-ethyl adjacent to an activating group) is 2. The molecule has 0 N–H and O–H groups in total. The van der Waals surface area contributed by atoms with E-state index in [-0.39, 0.29) is 5.91 Å². The molecule has 238 valence electrons. The van der Waals surface area contributed by atoms with Crippen LogP contribution in [0.3, 0.4) is 0 Å². The van der Waals surface area contributed by atoms with Crippen molar-refractivity contribution in [1.29, 1.82) is 0 Å². The predicted octanol–water partition coefficient (Wildman–Crippen LogP) is 6.45. The van der Waals surface area contributed by atoms with Crippen molar-refractivity contribution in [3.8, 4) is 23.0 Å². The van der Waals surface area contributed by atoms with Crippen LogP contribution in [0.25, 0.3) is 0 Å². The lowest BCUT2D eigenvalue weighted by atomic mass is 10.1. The summed E-state index contributed by atoms with van der Waals surface area (Å²) in [5.41, 5.74) is 3.88. The number of hydrogen-bond donors (Lipinski definition) is 0. The number of carbonyl (C=O) groups is 1. The van der Waals surface area contributed by atoms with Crippen molar-refractivity contribution in [3.63, 3.8) is 0 Å². The molecule has 45 heavy (non-hydrogen) atoms. The molecule has 4 rings (SSSR count). The maximum Gasteiger partial charge on any atom is 0.253 e. The topological polar surface area (TPSA) is 86.3 Å². The molecule has 3 aromatic carbocycles. The van der Waals surface area contributed by atoms with Gasteiger partial charge in [0.05, 0.1) is 28.4 Å². The first-order valence-electron chi connectivity index (χ1n) is 14.4. The van der Waals surface area contributed by atoms with Crippen LogP contribution in [-0.2, 0) is 18.6 Å². The third-order valence-electron chi connectivity index (χ3n) is 7.34. The Balaban J connectivity index is 1.30. The maximum atomic E-state index is 13.0. The van der Waals surface area contributed by atoms with E-state index in [4.69, 9.17) is 35.5 Å². The van der Waals surface area contributed by atoms with Crippen LogP contribution in [0.4, 0.5) is 5.82 Å². The zero-order valence-corrected chi connectivity index (χ0v) is 28.1. The lowest BCUT2D eigenvalue weighted by Crippen LogP contribution is -2.28. The summed E-state index contributed by atoms with van der Waals surface area (Å²) in [7, 11) is 10.3. The molecule has 0 unspecified atom stereocenters. The lowest BCUT2D eigenvalue weighted by Gasteiger charge is -2.19. The lowest BCUT2D eigenvalue weighted by molar-refractivity contribution is 0.0796. The van der Waals surface area contributed by atoms with Crippen LogP contribution in [-0.4, -0.2) is 76.4 Å². The molecule has 1 amide bonds. The third-order valence-corrected chi connectivity index (χ3v) is 8.45. The second-order valence-electron chi connectivity index (χ2n) is 10.3. The number of anilines is 1. The van der Waals surface area contributed by atoms with Gasteiger partial charge in [0.15, 0.2) is 28.2 Å². The van der Waals surface area contributed by atoms with Crippen molar-refractivity contribution in [2.45, 2.75) is 23.8 Å². The normalized spacial score (nSPS) is 10.7. The Labute approximate surface area is 274 Å². The minimum atomic E-state index is -0.0337. The smallest absolute Gasteiger partial charge is 0.253 e. The summed E-state index contributed by atoms with van der Waals surface area (Å²) in [5, 5.41) is 0.975. The van der Waals surface area contributed by atoms with E-state index in [1.54, 1.807) is 39.4 Å². The first-order valence-corrected chi connectivity index (χ1v) is 15.8. The van der Waals surface area contributed by atoms with E-state index in [0.717, 1.165) is 35.5 Å². The quantitative estimate of drug-likeness (QED) is 0.0818. The Morgan fingerprint density at radius 3 is 1.80 bits per heavy atom. The Kier molecular flexibility index (Phi) is 12.2. The number of methoxy groups -OCH3 is 4. The SMILES string of the molecule is COc1ccc(CCN(C)C(=O)c2ccc(CSc3nc(Cl)cc(N(C)CCc4ccc(OC)c(OC)c4)n3)cc2)cc1OC. The molecule has 0 saturated heterocycles. The van der Waals surface area contributed by atoms with Gasteiger partial charge in [0.25, 0.3) is 5.91 Å². The average Bonchev–Trinajstić information content (AvgIpc) is 3.07. The zero-order chi connectivity index (χ0) is 32.3. The molecule has 4 aromatic rings. The molecule has 9 nitrogen and oxygen atoms in total. The fraction of sp³-hybridized carbons (Fsp3) is 0.324. The molecule has 0 spiro atoms. The Morgan fingerprint density at radius 2 is 1.24 bits per heavy atom. The highest BCUT2D eigenvalue weighted by Crippen LogP contribution is 2.29. The molecule has 0 aliphatic rings. The third kappa shape index (κ3) is 9.18. The molecule has 0 radical (unpaired) electrons. The zero-order valence-electron chi connectivity index (χ0n) is 26.5. The second kappa shape index (κ2) is 16.2. The number of benzene rings is 3. The van der Waals surface area contributed by atoms with Crippen LogP contribution in [0.2, 0.25) is 5.15 Å². The highest BCUT2D eigenvalue weighted by molar-refractivity contribution is 7.98. The Bertz CT molecular complexity index is 1590. The van der Waals surface area contributed by atoms with Gasteiger partial charge in [-0.2, -0.15) is 0 Å². The van der Waals surface area contributed by atoms with E-state index in [2.05, 4.69) is 9.88 Å². The van der Waals surface area contributed by atoms with Gasteiger partial charge in [-0.1, -0.05) is 47.6 Å². The molecular weight excluding hydrogens is 612 g/mol. The van der Waals surface area contributed by atoms with Crippen LogP contribution in [0, 0.1) is 0 Å². The van der Waals surface area contributed by atoms with E-state index in [0.29, 0.717) is 57.6 Å². The number of thioether (sulfide) groups is 1. The van der Waals surface area contributed by atoms with Gasteiger partial charge in [-0.15, -0.1) is 0 Å². The first-order chi connectivity index (χ1) is 21.7. The fourth-order valence-electron chi connectivity index (χ4n) is 4.64. The Hall–Kier alpha value is -4.15. The van der Waals surface area contributed by atoms with Gasteiger partial charge < -0.3 is 28.7 Å². The number of ether oxygens (including phenoxy) is 4. The van der Waals surface area contributed by atoms with Gasteiger partial charge in [-0.05, 0) is 65.9 Å².